The van der Waals surface area contributed by atoms with Crippen LogP contribution in [0.25, 0.3) is 0 Å². The summed E-state index contributed by atoms with van der Waals surface area (Å²) < 4.78 is 0. The molecule has 1 heterocycles. The van der Waals surface area contributed by atoms with Crippen LogP contribution in [0.5, 0.6) is 0 Å². The first-order valence-electron chi connectivity index (χ1n) is 8.91. The van der Waals surface area contributed by atoms with Crippen molar-refractivity contribution in [3.05, 3.63) is 76.2 Å². The molecule has 2 aromatic carbocycles. The van der Waals surface area contributed by atoms with Crippen molar-refractivity contribution < 1.29 is 4.79 Å². The van der Waals surface area contributed by atoms with Gasteiger partial charge in [-0.15, -0.1) is 0 Å². The molecule has 0 aliphatic rings. The summed E-state index contributed by atoms with van der Waals surface area (Å²) in [6.07, 6.45) is 2.42. The van der Waals surface area contributed by atoms with Crippen molar-refractivity contribution in [3.8, 4) is 0 Å². The zero-order chi connectivity index (χ0) is 19.9. The number of hydrogen-bond acceptors (Lipinski definition) is 5. The van der Waals surface area contributed by atoms with Gasteiger partial charge in [0.1, 0.15) is 0 Å². The van der Waals surface area contributed by atoms with E-state index < -0.39 is 0 Å². The Morgan fingerprint density at radius 3 is 2.32 bits per heavy atom. The number of carbonyl (C=O) groups excluding carboxylic acids is 1. The van der Waals surface area contributed by atoms with Crippen molar-refractivity contribution >= 4 is 34.7 Å². The first-order chi connectivity index (χ1) is 13.5. The number of benzene rings is 2. The van der Waals surface area contributed by atoms with Gasteiger partial charge in [0.05, 0.1) is 0 Å². The molecule has 1 amide bonds. The molecule has 3 aromatic rings. The highest BCUT2D eigenvalue weighted by Crippen LogP contribution is 2.19. The van der Waals surface area contributed by atoms with Crippen molar-refractivity contribution in [2.75, 3.05) is 16.9 Å². The lowest BCUT2D eigenvalue weighted by Crippen LogP contribution is -2.20. The molecule has 6 nitrogen and oxygen atoms in total. The van der Waals surface area contributed by atoms with Crippen molar-refractivity contribution in [1.29, 1.82) is 0 Å². The van der Waals surface area contributed by atoms with Crippen molar-refractivity contribution in [2.45, 2.75) is 24.9 Å². The van der Waals surface area contributed by atoms with Gasteiger partial charge in [-0.1, -0.05) is 30.0 Å². The van der Waals surface area contributed by atoms with Gasteiger partial charge in [-0.05, 0) is 56.0 Å². The fraction of sp³-hybridized carbons (Fsp3) is 0.190. The molecule has 0 aliphatic heterocycles. The summed E-state index contributed by atoms with van der Waals surface area (Å²) in [5.74, 6) is -0.142. The summed E-state index contributed by atoms with van der Waals surface area (Å²) >= 11 is 1.38. The largest absolute Gasteiger partial charge is 0.356 e. The molecule has 7 heteroatoms. The average molecular weight is 395 g/mol. The van der Waals surface area contributed by atoms with E-state index in [4.69, 9.17) is 0 Å². The number of aryl methyl sites for hydroxylation is 1. The van der Waals surface area contributed by atoms with Gasteiger partial charge in [-0.2, -0.15) is 0 Å². The smallest absolute Gasteiger partial charge is 0.254 e. The molecule has 0 aliphatic carbocycles. The lowest BCUT2D eigenvalue weighted by Gasteiger charge is -2.09. The topological polar surface area (TPSA) is 86.9 Å². The third-order valence-corrected chi connectivity index (χ3v) is 4.81. The Morgan fingerprint density at radius 1 is 1.04 bits per heavy atom. The number of H-pyrrole nitrogens is 1. The number of nitrogens with zero attached hydrogens (tertiary/aromatic N) is 1. The molecule has 0 fully saturated rings. The van der Waals surface area contributed by atoms with E-state index in [0.29, 0.717) is 28.5 Å². The summed E-state index contributed by atoms with van der Waals surface area (Å²) in [6, 6.07) is 17.4. The molecule has 1 aromatic heterocycles. The molecular formula is C21H22N4O2S. The zero-order valence-corrected chi connectivity index (χ0v) is 16.6. The number of anilines is 3. The van der Waals surface area contributed by atoms with Crippen LogP contribution in [0.3, 0.4) is 0 Å². The highest BCUT2D eigenvalue weighted by Gasteiger charge is 2.11. The summed E-state index contributed by atoms with van der Waals surface area (Å²) in [7, 11) is 0. The number of rotatable bonds is 7. The molecule has 0 saturated carbocycles. The number of aromatic nitrogens is 2. The van der Waals surface area contributed by atoms with E-state index in [1.54, 1.807) is 6.92 Å². The lowest BCUT2D eigenvalue weighted by atomic mass is 10.1. The van der Waals surface area contributed by atoms with E-state index in [0.717, 1.165) is 11.4 Å². The van der Waals surface area contributed by atoms with Crippen LogP contribution >= 0.6 is 11.8 Å². The van der Waals surface area contributed by atoms with Crippen molar-refractivity contribution in [3.63, 3.8) is 0 Å². The fourth-order valence-corrected chi connectivity index (χ4v) is 3.19. The van der Waals surface area contributed by atoms with Crippen LogP contribution in [0.4, 0.5) is 17.1 Å². The highest BCUT2D eigenvalue weighted by atomic mass is 32.2. The first-order valence-corrected chi connectivity index (χ1v) is 10.1. The quantitative estimate of drug-likeness (QED) is 0.415. The molecule has 0 radical (unpaired) electrons. The molecular weight excluding hydrogens is 372 g/mol. The Labute approximate surface area is 167 Å². The summed E-state index contributed by atoms with van der Waals surface area (Å²) in [4.78, 5) is 31.4. The number of aromatic amines is 1. The molecule has 0 atom stereocenters. The Morgan fingerprint density at radius 2 is 1.68 bits per heavy atom. The first kappa shape index (κ1) is 19.7. The maximum absolute atomic E-state index is 12.2. The third kappa shape index (κ3) is 5.23. The predicted molar refractivity (Wildman–Crippen MR) is 114 cm³/mol. The number of nitrogens with one attached hydrogen (secondary N) is 3. The second-order valence-corrected chi connectivity index (χ2v) is 7.05. The van der Waals surface area contributed by atoms with Crippen LogP contribution in [-0.2, 0) is 11.2 Å². The Balaban J connectivity index is 1.56. The molecule has 144 valence electrons. The van der Waals surface area contributed by atoms with Crippen LogP contribution in [0, 0.1) is 6.92 Å². The van der Waals surface area contributed by atoms with Crippen LogP contribution in [-0.4, -0.2) is 22.1 Å². The molecule has 0 bridgehead atoms. The maximum Gasteiger partial charge on any atom is 0.254 e. The zero-order valence-electron chi connectivity index (χ0n) is 15.8. The van der Waals surface area contributed by atoms with E-state index in [-0.39, 0.29) is 17.9 Å². The average Bonchev–Trinajstić information content (AvgIpc) is 2.69. The van der Waals surface area contributed by atoms with Gasteiger partial charge in [0, 0.05) is 34.7 Å². The van der Waals surface area contributed by atoms with E-state index in [1.807, 2.05) is 60.9 Å². The SMILES string of the molecule is CSc1nc(C)c(CCC(=O)Nc2ccc(Nc3ccccc3)cc2)c(=O)[nH]1. The molecule has 3 rings (SSSR count). The number of carbonyl (C=O) groups is 1. The van der Waals surface area contributed by atoms with Gasteiger partial charge < -0.3 is 15.6 Å². The Bertz CT molecular complexity index is 1000. The normalized spacial score (nSPS) is 10.5. The van der Waals surface area contributed by atoms with Gasteiger partial charge in [-0.25, -0.2) is 4.98 Å². The van der Waals surface area contributed by atoms with E-state index in [2.05, 4.69) is 20.6 Å². The van der Waals surface area contributed by atoms with Gasteiger partial charge >= 0.3 is 0 Å². The number of thioether (sulfide) groups is 1. The molecule has 28 heavy (non-hydrogen) atoms. The Hall–Kier alpha value is -3.06. The van der Waals surface area contributed by atoms with Crippen LogP contribution in [0.1, 0.15) is 17.7 Å². The molecule has 3 N–H and O–H groups in total. The van der Waals surface area contributed by atoms with Crippen LogP contribution in [0.2, 0.25) is 0 Å². The van der Waals surface area contributed by atoms with Crippen LogP contribution in [0.15, 0.2) is 64.5 Å². The van der Waals surface area contributed by atoms with Crippen molar-refractivity contribution in [1.82, 2.24) is 9.97 Å². The third-order valence-electron chi connectivity index (χ3n) is 4.23. The van der Waals surface area contributed by atoms with Crippen molar-refractivity contribution in [2.24, 2.45) is 0 Å². The number of amides is 1. The number of hydrogen-bond donors (Lipinski definition) is 3. The van der Waals surface area contributed by atoms with Crippen LogP contribution < -0.4 is 16.2 Å². The molecule has 0 spiro atoms. The summed E-state index contributed by atoms with van der Waals surface area (Å²) in [5, 5.41) is 6.74. The second kappa shape index (κ2) is 9.23. The highest BCUT2D eigenvalue weighted by molar-refractivity contribution is 7.98. The second-order valence-electron chi connectivity index (χ2n) is 6.26. The fourth-order valence-electron chi connectivity index (χ4n) is 2.76. The molecule has 0 saturated heterocycles. The van der Waals surface area contributed by atoms with Gasteiger partial charge in [-0.3, -0.25) is 9.59 Å². The minimum atomic E-state index is -0.180. The predicted octanol–water partition coefficient (Wildman–Crippen LogP) is 4.12. The van der Waals surface area contributed by atoms with E-state index in [9.17, 15) is 9.59 Å². The summed E-state index contributed by atoms with van der Waals surface area (Å²) in [6.45, 7) is 1.79. The lowest BCUT2D eigenvalue weighted by molar-refractivity contribution is -0.116. The maximum atomic E-state index is 12.2. The van der Waals surface area contributed by atoms with Gasteiger partial charge in [0.25, 0.3) is 5.56 Å². The van der Waals surface area contributed by atoms with Gasteiger partial charge in [0.15, 0.2) is 5.16 Å². The number of para-hydroxylation sites is 1. The molecule has 0 unspecified atom stereocenters. The summed E-state index contributed by atoms with van der Waals surface area (Å²) in [5.41, 5.74) is 3.69. The standard InChI is InChI=1S/C21H22N4O2S/c1-14-18(20(27)25-21(22-14)28-2)12-13-19(26)24-17-10-8-16(9-11-17)23-15-6-4-3-5-7-15/h3-11,23H,12-13H2,1-2H3,(H,24,26)(H,22,25,27). The monoisotopic (exact) mass is 394 g/mol. The van der Waals surface area contributed by atoms with E-state index >= 15 is 0 Å². The van der Waals surface area contributed by atoms with Gasteiger partial charge in [0.2, 0.25) is 5.91 Å². The van der Waals surface area contributed by atoms with E-state index in [1.165, 1.54) is 11.8 Å². The minimum absolute atomic E-state index is 0.142. The Kier molecular flexibility index (Phi) is 6.49. The minimum Gasteiger partial charge on any atom is -0.356 e.